The Hall–Kier alpha value is -1.30. The molecule has 24 heavy (non-hydrogen) atoms. The van der Waals surface area contributed by atoms with Crippen LogP contribution in [0.25, 0.3) is 0 Å². The Morgan fingerprint density at radius 1 is 1.08 bits per heavy atom. The largest absolute Gasteiger partial charge is 0.493 e. The van der Waals surface area contributed by atoms with Crippen molar-refractivity contribution in [2.75, 3.05) is 40.4 Å². The first-order chi connectivity index (χ1) is 11.6. The highest BCUT2D eigenvalue weighted by molar-refractivity contribution is 5.42. The lowest BCUT2D eigenvalue weighted by Crippen LogP contribution is -2.45. The van der Waals surface area contributed by atoms with Crippen LogP contribution in [0.4, 0.5) is 0 Å². The van der Waals surface area contributed by atoms with Gasteiger partial charge in [-0.25, -0.2) is 0 Å². The third-order valence-corrected chi connectivity index (χ3v) is 4.35. The fraction of sp³-hybridized carbons (Fsp3) is 0.684. The van der Waals surface area contributed by atoms with Gasteiger partial charge in [0, 0.05) is 19.6 Å². The standard InChI is InChI=1S/C19H32N2O3/c1-15-13-21(14-16(2)24-15)10-6-5-9-20-12-17-7-8-18(22-3)19(11-17)23-4/h7-8,11,15-16,20H,5-6,9-10,12-14H2,1-4H3. The van der Waals surface area contributed by atoms with E-state index in [0.29, 0.717) is 12.2 Å². The lowest BCUT2D eigenvalue weighted by Gasteiger charge is -2.35. The van der Waals surface area contributed by atoms with E-state index < -0.39 is 0 Å². The van der Waals surface area contributed by atoms with Gasteiger partial charge in [0.25, 0.3) is 0 Å². The summed E-state index contributed by atoms with van der Waals surface area (Å²) in [5, 5.41) is 3.51. The first-order valence-corrected chi connectivity index (χ1v) is 8.91. The van der Waals surface area contributed by atoms with E-state index in [1.807, 2.05) is 12.1 Å². The minimum atomic E-state index is 0.358. The number of ether oxygens (including phenoxy) is 3. The van der Waals surface area contributed by atoms with E-state index in [0.717, 1.165) is 44.2 Å². The monoisotopic (exact) mass is 336 g/mol. The van der Waals surface area contributed by atoms with Crippen LogP contribution in [-0.4, -0.2) is 57.5 Å². The summed E-state index contributed by atoms with van der Waals surface area (Å²) in [6.45, 7) is 9.49. The van der Waals surface area contributed by atoms with Gasteiger partial charge in [-0.1, -0.05) is 6.07 Å². The summed E-state index contributed by atoms with van der Waals surface area (Å²) in [6, 6.07) is 6.06. The Balaban J connectivity index is 1.61. The van der Waals surface area contributed by atoms with Crippen molar-refractivity contribution in [3.63, 3.8) is 0 Å². The maximum absolute atomic E-state index is 5.77. The highest BCUT2D eigenvalue weighted by Gasteiger charge is 2.21. The Morgan fingerprint density at radius 3 is 2.46 bits per heavy atom. The zero-order chi connectivity index (χ0) is 17.4. The molecule has 0 bridgehead atoms. The predicted octanol–water partition coefficient (Wildman–Crippen LogP) is 2.68. The number of unbranched alkanes of at least 4 members (excludes halogenated alkanes) is 1. The van der Waals surface area contributed by atoms with Crippen LogP contribution in [0.1, 0.15) is 32.3 Å². The van der Waals surface area contributed by atoms with Crippen molar-refractivity contribution in [3.05, 3.63) is 23.8 Å². The fourth-order valence-corrected chi connectivity index (χ4v) is 3.28. The van der Waals surface area contributed by atoms with Crippen LogP contribution >= 0.6 is 0 Å². The van der Waals surface area contributed by atoms with Crippen LogP contribution in [0.15, 0.2) is 18.2 Å². The molecule has 1 saturated heterocycles. The zero-order valence-electron chi connectivity index (χ0n) is 15.5. The summed E-state index contributed by atoms with van der Waals surface area (Å²) < 4.78 is 16.4. The molecule has 1 heterocycles. The fourth-order valence-electron chi connectivity index (χ4n) is 3.28. The van der Waals surface area contributed by atoms with E-state index in [-0.39, 0.29) is 0 Å². The molecule has 0 saturated carbocycles. The van der Waals surface area contributed by atoms with Gasteiger partial charge in [0.05, 0.1) is 26.4 Å². The van der Waals surface area contributed by atoms with Gasteiger partial charge in [-0.3, -0.25) is 4.90 Å². The van der Waals surface area contributed by atoms with Crippen LogP contribution in [0.5, 0.6) is 11.5 Å². The van der Waals surface area contributed by atoms with Crippen LogP contribution < -0.4 is 14.8 Å². The summed E-state index contributed by atoms with van der Waals surface area (Å²) in [5.41, 5.74) is 1.21. The minimum Gasteiger partial charge on any atom is -0.493 e. The quantitative estimate of drug-likeness (QED) is 0.702. The summed E-state index contributed by atoms with van der Waals surface area (Å²) >= 11 is 0. The molecule has 0 aromatic heterocycles. The van der Waals surface area contributed by atoms with E-state index in [1.54, 1.807) is 14.2 Å². The second kappa shape index (κ2) is 9.87. The number of hydrogen-bond acceptors (Lipinski definition) is 5. The van der Waals surface area contributed by atoms with Gasteiger partial charge >= 0.3 is 0 Å². The Morgan fingerprint density at radius 2 is 1.79 bits per heavy atom. The Labute approximate surface area is 146 Å². The van der Waals surface area contributed by atoms with Crippen LogP contribution in [0.2, 0.25) is 0 Å². The van der Waals surface area contributed by atoms with Crippen molar-refractivity contribution >= 4 is 0 Å². The number of morpholine rings is 1. The van der Waals surface area contributed by atoms with Crippen LogP contribution in [0, 0.1) is 0 Å². The number of methoxy groups -OCH3 is 2. The van der Waals surface area contributed by atoms with Crippen molar-refractivity contribution in [3.8, 4) is 11.5 Å². The van der Waals surface area contributed by atoms with Crippen molar-refractivity contribution in [2.45, 2.75) is 45.4 Å². The second-order valence-corrected chi connectivity index (χ2v) is 6.59. The van der Waals surface area contributed by atoms with E-state index in [4.69, 9.17) is 14.2 Å². The molecule has 1 N–H and O–H groups in total. The zero-order valence-corrected chi connectivity index (χ0v) is 15.5. The molecule has 1 aromatic carbocycles. The molecule has 1 aliphatic heterocycles. The predicted molar refractivity (Wildman–Crippen MR) is 96.9 cm³/mol. The van der Waals surface area contributed by atoms with Gasteiger partial charge in [-0.15, -0.1) is 0 Å². The Kier molecular flexibility index (Phi) is 7.82. The number of benzene rings is 1. The molecule has 1 fully saturated rings. The molecule has 0 amide bonds. The van der Waals surface area contributed by atoms with Crippen molar-refractivity contribution in [1.29, 1.82) is 0 Å². The van der Waals surface area contributed by atoms with Crippen LogP contribution in [-0.2, 0) is 11.3 Å². The topological polar surface area (TPSA) is 43.0 Å². The first kappa shape index (κ1) is 19.0. The molecule has 2 atom stereocenters. The molecule has 1 aliphatic rings. The van der Waals surface area contributed by atoms with Gasteiger partial charge in [-0.05, 0) is 57.5 Å². The first-order valence-electron chi connectivity index (χ1n) is 8.91. The molecule has 5 heteroatoms. The molecule has 2 unspecified atom stereocenters. The Bertz CT molecular complexity index is 486. The van der Waals surface area contributed by atoms with E-state index in [9.17, 15) is 0 Å². The van der Waals surface area contributed by atoms with Gasteiger partial charge in [0.15, 0.2) is 11.5 Å². The van der Waals surface area contributed by atoms with Crippen molar-refractivity contribution < 1.29 is 14.2 Å². The maximum atomic E-state index is 5.77. The van der Waals surface area contributed by atoms with Crippen molar-refractivity contribution in [1.82, 2.24) is 10.2 Å². The number of rotatable bonds is 9. The minimum absolute atomic E-state index is 0.358. The molecule has 0 spiro atoms. The third-order valence-electron chi connectivity index (χ3n) is 4.35. The van der Waals surface area contributed by atoms with Gasteiger partial charge < -0.3 is 19.5 Å². The summed E-state index contributed by atoms with van der Waals surface area (Å²) in [5.74, 6) is 1.56. The molecule has 1 aromatic rings. The molecular formula is C19H32N2O3. The average Bonchev–Trinajstić information content (AvgIpc) is 2.56. The highest BCUT2D eigenvalue weighted by atomic mass is 16.5. The van der Waals surface area contributed by atoms with E-state index in [1.165, 1.54) is 18.4 Å². The van der Waals surface area contributed by atoms with E-state index in [2.05, 4.69) is 30.1 Å². The third kappa shape index (κ3) is 5.96. The molecule has 136 valence electrons. The normalized spacial score (nSPS) is 21.7. The van der Waals surface area contributed by atoms with E-state index >= 15 is 0 Å². The maximum Gasteiger partial charge on any atom is 0.161 e. The SMILES string of the molecule is COc1ccc(CNCCCCN2CC(C)OC(C)C2)cc1OC. The molecule has 0 aliphatic carbocycles. The summed E-state index contributed by atoms with van der Waals surface area (Å²) in [4.78, 5) is 2.52. The molecule has 5 nitrogen and oxygen atoms in total. The number of nitrogens with one attached hydrogen (secondary N) is 1. The lowest BCUT2D eigenvalue weighted by atomic mass is 10.2. The number of nitrogens with zero attached hydrogens (tertiary/aromatic N) is 1. The molecular weight excluding hydrogens is 304 g/mol. The highest BCUT2D eigenvalue weighted by Crippen LogP contribution is 2.27. The lowest BCUT2D eigenvalue weighted by molar-refractivity contribution is -0.0681. The summed E-state index contributed by atoms with van der Waals surface area (Å²) in [7, 11) is 3.33. The van der Waals surface area contributed by atoms with Gasteiger partial charge in [0.1, 0.15) is 0 Å². The van der Waals surface area contributed by atoms with Crippen molar-refractivity contribution in [2.24, 2.45) is 0 Å². The second-order valence-electron chi connectivity index (χ2n) is 6.59. The van der Waals surface area contributed by atoms with Gasteiger partial charge in [0.2, 0.25) is 0 Å². The summed E-state index contributed by atoms with van der Waals surface area (Å²) in [6.07, 6.45) is 3.13. The molecule has 2 rings (SSSR count). The average molecular weight is 336 g/mol. The van der Waals surface area contributed by atoms with Crippen LogP contribution in [0.3, 0.4) is 0 Å². The number of hydrogen-bond donors (Lipinski definition) is 1. The van der Waals surface area contributed by atoms with Gasteiger partial charge in [-0.2, -0.15) is 0 Å². The molecule has 0 radical (unpaired) electrons. The smallest absolute Gasteiger partial charge is 0.161 e.